The number of ether oxygens (including phenoxy) is 5. The molecule has 1 aliphatic heterocycles. The van der Waals surface area contributed by atoms with Crippen molar-refractivity contribution in [2.24, 2.45) is 0 Å². The lowest BCUT2D eigenvalue weighted by molar-refractivity contribution is -0.155. The molecule has 3 aromatic carbocycles. The molecular weight excluding hydrogens is 452 g/mol. The standard InChI is InChI=1S/C27H24O8/c1-31-27-23(35-26(30)20-15-9-4-10-16-20)22(34-25(29)19-13-7-3-8-14-19)21(33-27)17-32-24(28)18-11-5-2-6-12-18/h2-16,21-23,27H,17H2,1H3/t21?,22-,23+,27+/m1/s1. The van der Waals surface area contributed by atoms with Crippen LogP contribution in [-0.4, -0.2) is 56.2 Å². The molecule has 35 heavy (non-hydrogen) atoms. The molecule has 0 bridgehead atoms. The molecule has 3 aromatic rings. The summed E-state index contributed by atoms with van der Waals surface area (Å²) in [6.07, 6.45) is -4.17. The van der Waals surface area contributed by atoms with E-state index in [1.807, 2.05) is 0 Å². The van der Waals surface area contributed by atoms with Crippen molar-refractivity contribution in [2.75, 3.05) is 13.7 Å². The second-order valence-corrected chi connectivity index (χ2v) is 7.72. The Morgan fingerprint density at radius 1 is 0.657 bits per heavy atom. The van der Waals surface area contributed by atoms with Crippen LogP contribution < -0.4 is 0 Å². The SMILES string of the molecule is CO[C@H]1OC(COC(=O)c2ccccc2)[C@@H](OC(=O)c2ccccc2)[C@@H]1OC(=O)c1ccccc1. The van der Waals surface area contributed by atoms with E-state index in [0.29, 0.717) is 16.7 Å². The van der Waals surface area contributed by atoms with Crippen molar-refractivity contribution in [2.45, 2.75) is 24.6 Å². The maximum Gasteiger partial charge on any atom is 0.338 e. The third-order valence-corrected chi connectivity index (χ3v) is 5.39. The van der Waals surface area contributed by atoms with Gasteiger partial charge in [0.05, 0.1) is 16.7 Å². The summed E-state index contributed by atoms with van der Waals surface area (Å²) in [5.41, 5.74) is 0.981. The van der Waals surface area contributed by atoms with Gasteiger partial charge in [-0.2, -0.15) is 0 Å². The molecule has 8 heteroatoms. The lowest BCUT2D eigenvalue weighted by atomic mass is 10.1. The highest BCUT2D eigenvalue weighted by Gasteiger charge is 2.50. The predicted molar refractivity (Wildman–Crippen MR) is 124 cm³/mol. The van der Waals surface area contributed by atoms with E-state index in [9.17, 15) is 14.4 Å². The van der Waals surface area contributed by atoms with Crippen molar-refractivity contribution in [1.82, 2.24) is 0 Å². The number of methoxy groups -OCH3 is 1. The fourth-order valence-corrected chi connectivity index (χ4v) is 3.63. The molecule has 4 rings (SSSR count). The van der Waals surface area contributed by atoms with Crippen LogP contribution in [0, 0.1) is 0 Å². The smallest absolute Gasteiger partial charge is 0.338 e. The van der Waals surface area contributed by atoms with Gasteiger partial charge in [0.1, 0.15) is 12.7 Å². The van der Waals surface area contributed by atoms with Crippen LogP contribution in [0.2, 0.25) is 0 Å². The highest BCUT2D eigenvalue weighted by Crippen LogP contribution is 2.29. The van der Waals surface area contributed by atoms with Crippen molar-refractivity contribution >= 4 is 17.9 Å². The zero-order valence-corrected chi connectivity index (χ0v) is 18.9. The maximum absolute atomic E-state index is 12.8. The molecule has 0 saturated carbocycles. The Morgan fingerprint density at radius 3 is 1.54 bits per heavy atom. The number of carbonyl (C=O) groups excluding carboxylic acids is 3. The topological polar surface area (TPSA) is 97.4 Å². The number of carbonyl (C=O) groups is 3. The molecule has 1 fully saturated rings. The van der Waals surface area contributed by atoms with Crippen molar-refractivity contribution < 1.29 is 38.1 Å². The fraction of sp³-hybridized carbons (Fsp3) is 0.222. The Kier molecular flexibility index (Phi) is 7.87. The highest BCUT2D eigenvalue weighted by molar-refractivity contribution is 5.90. The van der Waals surface area contributed by atoms with Crippen LogP contribution in [0.1, 0.15) is 31.1 Å². The average molecular weight is 476 g/mol. The zero-order valence-electron chi connectivity index (χ0n) is 18.9. The zero-order chi connectivity index (χ0) is 24.6. The van der Waals surface area contributed by atoms with E-state index in [4.69, 9.17) is 23.7 Å². The van der Waals surface area contributed by atoms with E-state index in [0.717, 1.165) is 0 Å². The minimum atomic E-state index is -1.10. The number of esters is 3. The Hall–Kier alpha value is -4.01. The van der Waals surface area contributed by atoms with Gasteiger partial charge in [0, 0.05) is 7.11 Å². The van der Waals surface area contributed by atoms with Crippen molar-refractivity contribution in [3.05, 3.63) is 108 Å². The summed E-state index contributed by atoms with van der Waals surface area (Å²) in [6.45, 7) is -0.250. The molecule has 0 aromatic heterocycles. The van der Waals surface area contributed by atoms with Crippen LogP contribution in [0.15, 0.2) is 91.0 Å². The maximum atomic E-state index is 12.8. The van der Waals surface area contributed by atoms with Crippen molar-refractivity contribution in [3.63, 3.8) is 0 Å². The second-order valence-electron chi connectivity index (χ2n) is 7.72. The van der Waals surface area contributed by atoms with Gasteiger partial charge in [0.25, 0.3) is 0 Å². The minimum absolute atomic E-state index is 0.250. The van der Waals surface area contributed by atoms with Gasteiger partial charge in [-0.15, -0.1) is 0 Å². The molecule has 8 nitrogen and oxygen atoms in total. The lowest BCUT2D eigenvalue weighted by Gasteiger charge is -2.24. The largest absolute Gasteiger partial charge is 0.459 e. The summed E-state index contributed by atoms with van der Waals surface area (Å²) >= 11 is 0. The lowest BCUT2D eigenvalue weighted by Crippen LogP contribution is -2.42. The summed E-state index contributed by atoms with van der Waals surface area (Å²) in [6, 6.07) is 25.2. The van der Waals surface area contributed by atoms with E-state index < -0.39 is 42.5 Å². The minimum Gasteiger partial charge on any atom is -0.459 e. The quantitative estimate of drug-likeness (QED) is 0.359. The monoisotopic (exact) mass is 476 g/mol. The van der Waals surface area contributed by atoms with Gasteiger partial charge in [-0.1, -0.05) is 54.6 Å². The average Bonchev–Trinajstić information content (AvgIpc) is 3.24. The summed E-state index contributed by atoms with van der Waals surface area (Å²) in [4.78, 5) is 38.0. The highest BCUT2D eigenvalue weighted by atomic mass is 16.7. The van der Waals surface area contributed by atoms with Gasteiger partial charge in [-0.25, -0.2) is 14.4 Å². The first-order valence-electron chi connectivity index (χ1n) is 11.0. The number of hydrogen-bond donors (Lipinski definition) is 0. The molecule has 4 atom stereocenters. The van der Waals surface area contributed by atoms with Crippen LogP contribution >= 0.6 is 0 Å². The van der Waals surface area contributed by atoms with Crippen LogP contribution in [-0.2, 0) is 23.7 Å². The normalized spacial score (nSPS) is 21.2. The Bertz CT molecular complexity index is 1130. The summed E-state index contributed by atoms with van der Waals surface area (Å²) < 4.78 is 28.0. The van der Waals surface area contributed by atoms with Gasteiger partial charge in [-0.05, 0) is 36.4 Å². The van der Waals surface area contributed by atoms with Gasteiger partial charge in [0.15, 0.2) is 18.5 Å². The van der Waals surface area contributed by atoms with E-state index in [2.05, 4.69) is 0 Å². The Morgan fingerprint density at radius 2 is 1.09 bits per heavy atom. The molecular formula is C27H24O8. The van der Waals surface area contributed by atoms with E-state index in [-0.39, 0.29) is 6.61 Å². The van der Waals surface area contributed by atoms with E-state index >= 15 is 0 Å². The molecule has 1 saturated heterocycles. The molecule has 0 spiro atoms. The summed E-state index contributed by atoms with van der Waals surface area (Å²) in [5.74, 6) is -1.85. The molecule has 0 aliphatic carbocycles. The van der Waals surface area contributed by atoms with Crippen molar-refractivity contribution in [3.8, 4) is 0 Å². The first-order chi connectivity index (χ1) is 17.1. The summed E-state index contributed by atoms with van der Waals surface area (Å²) in [5, 5.41) is 0. The van der Waals surface area contributed by atoms with Crippen LogP contribution in [0.3, 0.4) is 0 Å². The van der Waals surface area contributed by atoms with Crippen molar-refractivity contribution in [1.29, 1.82) is 0 Å². The van der Waals surface area contributed by atoms with Gasteiger partial charge in [0.2, 0.25) is 0 Å². The van der Waals surface area contributed by atoms with Gasteiger partial charge >= 0.3 is 17.9 Å². The van der Waals surface area contributed by atoms with Crippen LogP contribution in [0.4, 0.5) is 0 Å². The Labute approximate surface area is 202 Å². The second kappa shape index (κ2) is 11.4. The number of rotatable bonds is 8. The third kappa shape index (κ3) is 5.92. The molecule has 0 N–H and O–H groups in total. The fourth-order valence-electron chi connectivity index (χ4n) is 3.63. The number of hydrogen-bond acceptors (Lipinski definition) is 8. The third-order valence-electron chi connectivity index (χ3n) is 5.39. The Balaban J connectivity index is 1.54. The summed E-state index contributed by atoms with van der Waals surface area (Å²) in [7, 11) is 1.38. The number of benzene rings is 3. The first-order valence-corrected chi connectivity index (χ1v) is 11.0. The molecule has 0 radical (unpaired) electrons. The van der Waals surface area contributed by atoms with Crippen LogP contribution in [0.25, 0.3) is 0 Å². The van der Waals surface area contributed by atoms with Gasteiger partial charge < -0.3 is 23.7 Å². The predicted octanol–water partition coefficient (Wildman–Crippen LogP) is 3.67. The molecule has 1 unspecified atom stereocenters. The van der Waals surface area contributed by atoms with Gasteiger partial charge in [-0.3, -0.25) is 0 Å². The van der Waals surface area contributed by atoms with E-state index in [1.165, 1.54) is 7.11 Å². The molecule has 1 aliphatic rings. The van der Waals surface area contributed by atoms with E-state index in [1.54, 1.807) is 91.0 Å². The van der Waals surface area contributed by atoms with Crippen LogP contribution in [0.5, 0.6) is 0 Å². The molecule has 1 heterocycles. The molecule has 180 valence electrons. The first kappa shape index (κ1) is 24.1. The molecule has 0 amide bonds.